The van der Waals surface area contributed by atoms with Gasteiger partial charge in [-0.2, -0.15) is 4.99 Å². The van der Waals surface area contributed by atoms with Crippen molar-refractivity contribution in [2.45, 2.75) is 0 Å². The van der Waals surface area contributed by atoms with Crippen molar-refractivity contribution in [3.05, 3.63) is 77.1 Å². The van der Waals surface area contributed by atoms with Gasteiger partial charge in [-0.15, -0.1) is 0 Å². The summed E-state index contributed by atoms with van der Waals surface area (Å²) < 4.78 is 23.2. The van der Waals surface area contributed by atoms with Crippen LogP contribution in [-0.4, -0.2) is 38.9 Å². The molecular weight excluding hydrogens is 464 g/mol. The third kappa shape index (κ3) is 4.93. The first-order valence-corrected chi connectivity index (χ1v) is 11.6. The quantitative estimate of drug-likeness (QED) is 0.356. The number of benzene rings is 3. The molecule has 3 aromatic carbocycles. The van der Waals surface area contributed by atoms with Crippen LogP contribution in [0.15, 0.2) is 71.7 Å². The van der Waals surface area contributed by atoms with E-state index in [-0.39, 0.29) is 5.91 Å². The summed E-state index contributed by atoms with van der Waals surface area (Å²) in [6.45, 7) is 0. The number of carbonyl (C=O) groups excluding carboxylic acids is 1. The summed E-state index contributed by atoms with van der Waals surface area (Å²) in [7, 11) is 8.27. The number of ether oxygens (including phenoxy) is 4. The fourth-order valence-corrected chi connectivity index (χ4v) is 4.83. The molecule has 4 rings (SSSR count). The van der Waals surface area contributed by atoms with E-state index in [1.165, 1.54) is 18.4 Å². The molecule has 35 heavy (non-hydrogen) atoms. The highest BCUT2D eigenvalue weighted by atomic mass is 32.1. The summed E-state index contributed by atoms with van der Waals surface area (Å²) in [5, 5.41) is 0. The highest BCUT2D eigenvalue weighted by Crippen LogP contribution is 2.36. The molecule has 0 aliphatic heterocycles. The minimum absolute atomic E-state index is 0.370. The van der Waals surface area contributed by atoms with Crippen LogP contribution in [0.5, 0.6) is 23.0 Å². The first-order valence-electron chi connectivity index (χ1n) is 10.8. The first-order chi connectivity index (χ1) is 17.0. The fraction of sp³-hybridized carbons (Fsp3) is 0.185. The zero-order valence-corrected chi connectivity index (χ0v) is 21.0. The van der Waals surface area contributed by atoms with E-state index in [1.54, 1.807) is 39.5 Å². The highest BCUT2D eigenvalue weighted by molar-refractivity contribution is 7.13. The molecule has 0 aliphatic carbocycles. The molecule has 0 unspecified atom stereocenters. The second-order valence-electron chi connectivity index (χ2n) is 7.57. The molecule has 1 heterocycles. The van der Waals surface area contributed by atoms with Gasteiger partial charge in [0.2, 0.25) is 0 Å². The largest absolute Gasteiger partial charge is 0.497 e. The molecule has 1 aromatic heterocycles. The maximum atomic E-state index is 13.1. The van der Waals surface area contributed by atoms with Crippen molar-refractivity contribution in [3.63, 3.8) is 0 Å². The van der Waals surface area contributed by atoms with Crippen LogP contribution >= 0.6 is 11.3 Å². The summed E-state index contributed by atoms with van der Waals surface area (Å²) in [4.78, 5) is 19.1. The first kappa shape index (κ1) is 24.1. The molecule has 0 N–H and O–H groups in total. The normalized spacial score (nSPS) is 11.3. The molecule has 8 heteroatoms. The van der Waals surface area contributed by atoms with Gasteiger partial charge in [-0.25, -0.2) is 0 Å². The van der Waals surface area contributed by atoms with Crippen molar-refractivity contribution in [1.29, 1.82) is 0 Å². The molecule has 180 valence electrons. The highest BCUT2D eigenvalue weighted by Gasteiger charge is 2.17. The van der Waals surface area contributed by atoms with Crippen molar-refractivity contribution in [2.75, 3.05) is 28.4 Å². The predicted molar refractivity (Wildman–Crippen MR) is 137 cm³/mol. The zero-order chi connectivity index (χ0) is 24.9. The number of hydrogen-bond donors (Lipinski definition) is 0. The predicted octanol–water partition coefficient (Wildman–Crippen LogP) is 5.20. The topological polar surface area (TPSA) is 71.3 Å². The summed E-state index contributed by atoms with van der Waals surface area (Å²) in [6, 6.07) is 20.6. The van der Waals surface area contributed by atoms with Crippen molar-refractivity contribution >= 4 is 17.2 Å². The third-order valence-corrected chi connectivity index (χ3v) is 6.76. The lowest BCUT2D eigenvalue weighted by Crippen LogP contribution is -2.14. The summed E-state index contributed by atoms with van der Waals surface area (Å²) in [5.74, 6) is 2.20. The number of nitrogens with zero attached hydrogens (tertiary/aromatic N) is 2. The van der Waals surface area contributed by atoms with Gasteiger partial charge >= 0.3 is 0 Å². The smallest absolute Gasteiger partial charge is 0.279 e. The average Bonchev–Trinajstić information content (AvgIpc) is 3.23. The Bertz CT molecular complexity index is 1400. The Kier molecular flexibility index (Phi) is 7.22. The molecule has 7 nitrogen and oxygen atoms in total. The van der Waals surface area contributed by atoms with E-state index in [1.807, 2.05) is 60.1 Å². The molecule has 4 aromatic rings. The van der Waals surface area contributed by atoms with Gasteiger partial charge in [0.1, 0.15) is 11.5 Å². The van der Waals surface area contributed by atoms with Crippen LogP contribution in [0.1, 0.15) is 10.4 Å². The second kappa shape index (κ2) is 10.5. The summed E-state index contributed by atoms with van der Waals surface area (Å²) in [6.07, 6.45) is 0. The van der Waals surface area contributed by atoms with Gasteiger partial charge in [-0.3, -0.25) is 4.79 Å². The van der Waals surface area contributed by atoms with Crippen molar-refractivity contribution in [1.82, 2.24) is 4.57 Å². The van der Waals surface area contributed by atoms with Gasteiger partial charge in [0.15, 0.2) is 16.3 Å². The summed E-state index contributed by atoms with van der Waals surface area (Å²) in [5.41, 5.74) is 3.34. The molecule has 0 saturated carbocycles. The lowest BCUT2D eigenvalue weighted by atomic mass is 10.1. The Morgan fingerprint density at radius 1 is 0.743 bits per heavy atom. The number of rotatable bonds is 7. The number of methoxy groups -OCH3 is 4. The van der Waals surface area contributed by atoms with Crippen molar-refractivity contribution < 1.29 is 23.7 Å². The van der Waals surface area contributed by atoms with E-state index in [0.717, 1.165) is 33.2 Å². The lowest BCUT2D eigenvalue weighted by Gasteiger charge is -2.09. The third-order valence-electron chi connectivity index (χ3n) is 5.57. The van der Waals surface area contributed by atoms with Gasteiger partial charge < -0.3 is 23.5 Å². The number of hydrogen-bond acceptors (Lipinski definition) is 6. The molecular formula is C27H26N2O5S. The molecule has 0 aliphatic rings. The van der Waals surface area contributed by atoms with Crippen LogP contribution in [0.2, 0.25) is 0 Å². The van der Waals surface area contributed by atoms with Gasteiger partial charge in [0.25, 0.3) is 5.91 Å². The van der Waals surface area contributed by atoms with Gasteiger partial charge in [-0.05, 0) is 77.9 Å². The minimum Gasteiger partial charge on any atom is -0.497 e. The maximum absolute atomic E-state index is 13.1. The Morgan fingerprint density at radius 3 is 1.86 bits per heavy atom. The van der Waals surface area contributed by atoms with Crippen LogP contribution in [-0.2, 0) is 7.05 Å². The zero-order valence-electron chi connectivity index (χ0n) is 20.2. The van der Waals surface area contributed by atoms with Crippen LogP contribution in [0, 0.1) is 0 Å². The molecule has 1 amide bonds. The second-order valence-corrected chi connectivity index (χ2v) is 8.54. The number of carbonyl (C=O) groups is 1. The van der Waals surface area contributed by atoms with E-state index >= 15 is 0 Å². The maximum Gasteiger partial charge on any atom is 0.279 e. The van der Waals surface area contributed by atoms with Crippen molar-refractivity contribution in [2.24, 2.45) is 12.0 Å². The standard InChI is InChI=1S/C27H26N2O5S/c1-29-24(17-6-11-20(31-2)12-7-17)25(18-8-13-21(32-3)14-9-18)35-27(29)28-26(30)19-10-15-22(33-4)23(16-19)34-5/h6-16H,1-5H3. The van der Waals surface area contributed by atoms with Crippen molar-refractivity contribution in [3.8, 4) is 44.7 Å². The minimum atomic E-state index is -0.370. The van der Waals surface area contributed by atoms with E-state index < -0.39 is 0 Å². The van der Waals surface area contributed by atoms with Gasteiger partial charge in [0, 0.05) is 12.6 Å². The Balaban J connectivity index is 1.85. The van der Waals surface area contributed by atoms with Crippen LogP contribution < -0.4 is 23.7 Å². The van der Waals surface area contributed by atoms with Crippen LogP contribution in [0.4, 0.5) is 0 Å². The number of aromatic nitrogens is 1. The van der Waals surface area contributed by atoms with Gasteiger partial charge in [-0.1, -0.05) is 11.3 Å². The lowest BCUT2D eigenvalue weighted by molar-refractivity contribution is 0.0997. The number of amides is 1. The number of thiazole rings is 1. The molecule has 0 radical (unpaired) electrons. The average molecular weight is 491 g/mol. The van der Waals surface area contributed by atoms with E-state index in [4.69, 9.17) is 18.9 Å². The van der Waals surface area contributed by atoms with E-state index in [2.05, 4.69) is 4.99 Å². The Hall–Kier alpha value is -4.04. The van der Waals surface area contributed by atoms with E-state index in [9.17, 15) is 4.79 Å². The SMILES string of the molecule is COc1ccc(-c2sc(=NC(=O)c3ccc(OC)c(OC)c3)n(C)c2-c2ccc(OC)cc2)cc1. The molecule has 0 atom stereocenters. The Labute approximate surface area is 207 Å². The van der Waals surface area contributed by atoms with E-state index in [0.29, 0.717) is 21.9 Å². The molecule has 0 saturated heterocycles. The Morgan fingerprint density at radius 2 is 1.31 bits per heavy atom. The molecule has 0 spiro atoms. The van der Waals surface area contributed by atoms with Gasteiger partial charge in [0.05, 0.1) is 39.0 Å². The molecule has 0 fully saturated rings. The van der Waals surface area contributed by atoms with Crippen LogP contribution in [0.3, 0.4) is 0 Å². The summed E-state index contributed by atoms with van der Waals surface area (Å²) >= 11 is 1.45. The molecule has 0 bridgehead atoms. The fourth-order valence-electron chi connectivity index (χ4n) is 3.69. The van der Waals surface area contributed by atoms with Crippen LogP contribution in [0.25, 0.3) is 21.7 Å². The monoisotopic (exact) mass is 490 g/mol.